The fraction of sp³-hybridized carbons (Fsp3) is 0.294. The van der Waals surface area contributed by atoms with Crippen LogP contribution in [0.2, 0.25) is 0 Å². The third-order valence-corrected chi connectivity index (χ3v) is 3.20. The Balaban J connectivity index is 2.28. The van der Waals surface area contributed by atoms with Gasteiger partial charge in [-0.1, -0.05) is 24.6 Å². The van der Waals surface area contributed by atoms with Crippen LogP contribution in [0.3, 0.4) is 0 Å². The number of hydrogen-bond acceptors (Lipinski definition) is 2. The van der Waals surface area contributed by atoms with E-state index < -0.39 is 0 Å². The molecule has 1 N–H and O–H groups in total. The summed E-state index contributed by atoms with van der Waals surface area (Å²) in [5.41, 5.74) is 2.00. The zero-order valence-corrected chi connectivity index (χ0v) is 12.1. The van der Waals surface area contributed by atoms with Gasteiger partial charge in [0.15, 0.2) is 0 Å². The highest BCUT2D eigenvalue weighted by Gasteiger charge is 2.12. The second-order valence-corrected chi connectivity index (χ2v) is 4.88. The van der Waals surface area contributed by atoms with Crippen molar-refractivity contribution in [3.63, 3.8) is 0 Å². The first-order valence-electron chi connectivity index (χ1n) is 6.87. The number of rotatable bonds is 5. The van der Waals surface area contributed by atoms with Crippen LogP contribution in [0.15, 0.2) is 42.5 Å². The molecule has 0 radical (unpaired) electrons. The van der Waals surface area contributed by atoms with Crippen LogP contribution in [-0.4, -0.2) is 6.54 Å². The number of nitrogens with one attached hydrogen (secondary N) is 1. The second kappa shape index (κ2) is 6.53. The Morgan fingerprint density at radius 2 is 1.85 bits per heavy atom. The molecule has 106 valence electrons. The SMILES string of the molecule is CCNC(C)c1cc(F)ccc1Oc1ccc(C)cc1. The van der Waals surface area contributed by atoms with Crippen LogP contribution < -0.4 is 10.1 Å². The van der Waals surface area contributed by atoms with Crippen molar-refractivity contribution in [1.29, 1.82) is 0 Å². The third-order valence-electron chi connectivity index (χ3n) is 3.20. The van der Waals surface area contributed by atoms with Crippen molar-refractivity contribution >= 4 is 0 Å². The summed E-state index contributed by atoms with van der Waals surface area (Å²) in [6, 6.07) is 12.5. The Kier molecular flexibility index (Phi) is 4.74. The highest BCUT2D eigenvalue weighted by Crippen LogP contribution is 2.30. The van der Waals surface area contributed by atoms with Crippen LogP contribution in [0.1, 0.15) is 31.0 Å². The van der Waals surface area contributed by atoms with E-state index in [0.717, 1.165) is 17.9 Å². The Morgan fingerprint density at radius 3 is 2.50 bits per heavy atom. The molecular formula is C17H20FNO. The number of halogens is 1. The molecule has 20 heavy (non-hydrogen) atoms. The lowest BCUT2D eigenvalue weighted by Crippen LogP contribution is -2.18. The molecule has 0 amide bonds. The van der Waals surface area contributed by atoms with Gasteiger partial charge in [-0.2, -0.15) is 0 Å². The minimum atomic E-state index is -0.249. The van der Waals surface area contributed by atoms with Crippen molar-refractivity contribution in [2.75, 3.05) is 6.54 Å². The molecule has 0 heterocycles. The summed E-state index contributed by atoms with van der Waals surface area (Å²) in [6.07, 6.45) is 0. The molecule has 0 spiro atoms. The van der Waals surface area contributed by atoms with Crippen LogP contribution >= 0.6 is 0 Å². The maximum absolute atomic E-state index is 13.5. The van der Waals surface area contributed by atoms with Gasteiger partial charge in [0.25, 0.3) is 0 Å². The van der Waals surface area contributed by atoms with E-state index in [1.807, 2.05) is 45.0 Å². The summed E-state index contributed by atoms with van der Waals surface area (Å²) in [4.78, 5) is 0. The van der Waals surface area contributed by atoms with Gasteiger partial charge in [-0.25, -0.2) is 4.39 Å². The maximum Gasteiger partial charge on any atom is 0.132 e. The number of ether oxygens (including phenoxy) is 1. The highest BCUT2D eigenvalue weighted by molar-refractivity contribution is 5.40. The van der Waals surface area contributed by atoms with E-state index >= 15 is 0 Å². The van der Waals surface area contributed by atoms with E-state index in [-0.39, 0.29) is 11.9 Å². The lowest BCUT2D eigenvalue weighted by atomic mass is 10.1. The summed E-state index contributed by atoms with van der Waals surface area (Å²) in [7, 11) is 0. The topological polar surface area (TPSA) is 21.3 Å². The largest absolute Gasteiger partial charge is 0.457 e. The quantitative estimate of drug-likeness (QED) is 0.859. The molecule has 0 fully saturated rings. The number of benzene rings is 2. The van der Waals surface area contributed by atoms with Crippen LogP contribution in [0.5, 0.6) is 11.5 Å². The average Bonchev–Trinajstić information content (AvgIpc) is 2.43. The van der Waals surface area contributed by atoms with Gasteiger partial charge >= 0.3 is 0 Å². The first kappa shape index (κ1) is 14.5. The highest BCUT2D eigenvalue weighted by atomic mass is 19.1. The molecule has 0 aliphatic rings. The zero-order chi connectivity index (χ0) is 14.5. The lowest BCUT2D eigenvalue weighted by molar-refractivity contribution is 0.459. The minimum absolute atomic E-state index is 0.0381. The Hall–Kier alpha value is -1.87. The molecule has 0 bridgehead atoms. The van der Waals surface area contributed by atoms with Gasteiger partial charge in [0, 0.05) is 11.6 Å². The van der Waals surface area contributed by atoms with E-state index in [2.05, 4.69) is 5.32 Å². The third kappa shape index (κ3) is 3.58. The summed E-state index contributed by atoms with van der Waals surface area (Å²) >= 11 is 0. The standard InChI is InChI=1S/C17H20FNO/c1-4-19-13(3)16-11-14(18)7-10-17(16)20-15-8-5-12(2)6-9-15/h5-11,13,19H,4H2,1-3H3. The van der Waals surface area contributed by atoms with Crippen molar-refractivity contribution < 1.29 is 9.13 Å². The van der Waals surface area contributed by atoms with Crippen molar-refractivity contribution in [2.24, 2.45) is 0 Å². The van der Waals surface area contributed by atoms with Crippen LogP contribution in [0, 0.1) is 12.7 Å². The molecule has 0 saturated heterocycles. The molecule has 2 nitrogen and oxygen atoms in total. The van der Waals surface area contributed by atoms with E-state index in [1.54, 1.807) is 6.07 Å². The summed E-state index contributed by atoms with van der Waals surface area (Å²) in [5, 5.41) is 3.28. The van der Waals surface area contributed by atoms with E-state index in [0.29, 0.717) is 5.75 Å². The molecule has 3 heteroatoms. The van der Waals surface area contributed by atoms with Gasteiger partial charge < -0.3 is 10.1 Å². The Bertz CT molecular complexity index is 566. The van der Waals surface area contributed by atoms with E-state index in [9.17, 15) is 4.39 Å². The van der Waals surface area contributed by atoms with E-state index in [4.69, 9.17) is 4.74 Å². The second-order valence-electron chi connectivity index (χ2n) is 4.88. The predicted octanol–water partition coefficient (Wildman–Crippen LogP) is 4.60. The van der Waals surface area contributed by atoms with Crippen LogP contribution in [0.25, 0.3) is 0 Å². The Labute approximate surface area is 119 Å². The molecule has 0 aliphatic heterocycles. The maximum atomic E-state index is 13.5. The molecule has 2 rings (SSSR count). The van der Waals surface area contributed by atoms with Gasteiger partial charge in [0.05, 0.1) is 0 Å². The molecule has 0 aliphatic carbocycles. The predicted molar refractivity (Wildman–Crippen MR) is 79.7 cm³/mol. The normalized spacial score (nSPS) is 12.2. The van der Waals surface area contributed by atoms with Crippen molar-refractivity contribution in [3.05, 3.63) is 59.4 Å². The van der Waals surface area contributed by atoms with E-state index in [1.165, 1.54) is 17.7 Å². The van der Waals surface area contributed by atoms with Crippen LogP contribution in [-0.2, 0) is 0 Å². The fourth-order valence-corrected chi connectivity index (χ4v) is 2.10. The summed E-state index contributed by atoms with van der Waals surface area (Å²) in [6.45, 7) is 6.87. The van der Waals surface area contributed by atoms with Crippen molar-refractivity contribution in [2.45, 2.75) is 26.8 Å². The zero-order valence-electron chi connectivity index (χ0n) is 12.1. The summed E-state index contributed by atoms with van der Waals surface area (Å²) < 4.78 is 19.3. The lowest BCUT2D eigenvalue weighted by Gasteiger charge is -2.17. The van der Waals surface area contributed by atoms with Gasteiger partial charge in [0.2, 0.25) is 0 Å². The smallest absolute Gasteiger partial charge is 0.132 e. The average molecular weight is 273 g/mol. The molecule has 2 aromatic carbocycles. The molecular weight excluding hydrogens is 253 g/mol. The Morgan fingerprint density at radius 1 is 1.15 bits per heavy atom. The minimum Gasteiger partial charge on any atom is -0.457 e. The first-order chi connectivity index (χ1) is 9.60. The van der Waals surface area contributed by atoms with Gasteiger partial charge in [-0.3, -0.25) is 0 Å². The molecule has 0 aromatic heterocycles. The first-order valence-corrected chi connectivity index (χ1v) is 6.87. The summed E-state index contributed by atoms with van der Waals surface area (Å²) in [5.74, 6) is 1.19. The van der Waals surface area contributed by atoms with Crippen molar-refractivity contribution in [1.82, 2.24) is 5.32 Å². The molecule has 1 atom stereocenters. The van der Waals surface area contributed by atoms with Gasteiger partial charge in [-0.15, -0.1) is 0 Å². The van der Waals surface area contributed by atoms with Gasteiger partial charge in [-0.05, 0) is 50.7 Å². The molecule has 2 aromatic rings. The van der Waals surface area contributed by atoms with Gasteiger partial charge in [0.1, 0.15) is 17.3 Å². The van der Waals surface area contributed by atoms with Crippen molar-refractivity contribution in [3.8, 4) is 11.5 Å². The molecule has 0 saturated carbocycles. The van der Waals surface area contributed by atoms with Crippen LogP contribution in [0.4, 0.5) is 4.39 Å². The number of hydrogen-bond donors (Lipinski definition) is 1. The number of aryl methyl sites for hydroxylation is 1. The fourth-order valence-electron chi connectivity index (χ4n) is 2.10. The molecule has 1 unspecified atom stereocenters. The monoisotopic (exact) mass is 273 g/mol.